The molecule has 0 saturated carbocycles. The van der Waals surface area contributed by atoms with E-state index in [1.807, 2.05) is 0 Å². The van der Waals surface area contributed by atoms with Gasteiger partial charge in [0.05, 0.1) is 18.4 Å². The molecule has 30 heavy (non-hydrogen) atoms. The van der Waals surface area contributed by atoms with E-state index in [9.17, 15) is 18.3 Å². The average Bonchev–Trinajstić information content (AvgIpc) is 3.14. The molecule has 0 amide bonds. The van der Waals surface area contributed by atoms with E-state index in [0.29, 0.717) is 5.56 Å². The van der Waals surface area contributed by atoms with Crippen LogP contribution in [-0.4, -0.2) is 26.6 Å². The van der Waals surface area contributed by atoms with Gasteiger partial charge in [-0.25, -0.2) is 17.5 Å². The fraction of sp³-hybridized carbons (Fsp3) is 0.0952. The SMILES string of the molecule is COc1ccc(Cl)cc1S(=O)(=O)N1c2cc(C(=O)O)ccc2OC1c1ccccc1. The maximum Gasteiger partial charge on any atom is 0.335 e. The summed E-state index contributed by atoms with van der Waals surface area (Å²) in [7, 11) is -2.90. The van der Waals surface area contributed by atoms with Crippen molar-refractivity contribution >= 4 is 33.3 Å². The molecule has 1 aliphatic heterocycles. The summed E-state index contributed by atoms with van der Waals surface area (Å²) in [6, 6.07) is 17.1. The van der Waals surface area contributed by atoms with Crippen LogP contribution in [0.5, 0.6) is 11.5 Å². The van der Waals surface area contributed by atoms with Crippen molar-refractivity contribution in [1.82, 2.24) is 0 Å². The van der Waals surface area contributed by atoms with Crippen LogP contribution >= 0.6 is 11.6 Å². The number of hydrogen-bond donors (Lipinski definition) is 1. The van der Waals surface area contributed by atoms with E-state index in [-0.39, 0.29) is 32.7 Å². The topological polar surface area (TPSA) is 93.1 Å². The van der Waals surface area contributed by atoms with Gasteiger partial charge in [0.2, 0.25) is 6.23 Å². The predicted molar refractivity (Wildman–Crippen MR) is 111 cm³/mol. The molecule has 0 saturated heterocycles. The first-order valence-corrected chi connectivity index (χ1v) is 10.6. The van der Waals surface area contributed by atoms with Gasteiger partial charge in [-0.2, -0.15) is 0 Å². The summed E-state index contributed by atoms with van der Waals surface area (Å²) in [6.45, 7) is 0. The van der Waals surface area contributed by atoms with E-state index in [0.717, 1.165) is 4.31 Å². The average molecular weight is 446 g/mol. The summed E-state index contributed by atoms with van der Waals surface area (Å²) in [5, 5.41) is 9.59. The molecule has 0 bridgehead atoms. The first-order valence-electron chi connectivity index (χ1n) is 8.80. The number of benzene rings is 3. The fourth-order valence-corrected chi connectivity index (χ4v) is 5.20. The molecule has 0 spiro atoms. The highest BCUT2D eigenvalue weighted by molar-refractivity contribution is 7.93. The Labute approximate surface area is 178 Å². The van der Waals surface area contributed by atoms with Gasteiger partial charge in [0, 0.05) is 10.6 Å². The number of carbonyl (C=O) groups is 1. The van der Waals surface area contributed by atoms with Crippen molar-refractivity contribution in [1.29, 1.82) is 0 Å². The molecule has 3 aromatic carbocycles. The summed E-state index contributed by atoms with van der Waals surface area (Å²) in [5.41, 5.74) is 0.630. The minimum absolute atomic E-state index is 0.0654. The first-order chi connectivity index (χ1) is 14.3. The number of nitrogens with zero attached hydrogens (tertiary/aromatic N) is 1. The number of sulfonamides is 1. The second-order valence-corrected chi connectivity index (χ2v) is 8.68. The Kier molecular flexibility index (Phi) is 5.05. The Morgan fingerprint density at radius 3 is 2.50 bits per heavy atom. The van der Waals surface area contributed by atoms with Crippen LogP contribution in [-0.2, 0) is 10.0 Å². The third-order valence-corrected chi connectivity index (χ3v) is 6.66. The van der Waals surface area contributed by atoms with Gasteiger partial charge in [0.25, 0.3) is 10.0 Å². The lowest BCUT2D eigenvalue weighted by Gasteiger charge is -2.26. The lowest BCUT2D eigenvalue weighted by atomic mass is 10.2. The first kappa shape index (κ1) is 20.1. The van der Waals surface area contributed by atoms with Crippen molar-refractivity contribution in [2.24, 2.45) is 0 Å². The number of fused-ring (bicyclic) bond motifs is 1. The van der Waals surface area contributed by atoms with Crippen LogP contribution in [0.1, 0.15) is 22.1 Å². The number of methoxy groups -OCH3 is 1. The molecule has 1 heterocycles. The van der Waals surface area contributed by atoms with Crippen molar-refractivity contribution in [3.05, 3.63) is 82.9 Å². The fourth-order valence-electron chi connectivity index (χ4n) is 3.25. The molecule has 0 radical (unpaired) electrons. The Bertz CT molecular complexity index is 1230. The largest absolute Gasteiger partial charge is 0.495 e. The highest BCUT2D eigenvalue weighted by atomic mass is 35.5. The molecule has 0 aromatic heterocycles. The maximum absolute atomic E-state index is 13.8. The molecule has 154 valence electrons. The lowest BCUT2D eigenvalue weighted by Crippen LogP contribution is -2.34. The molecule has 9 heteroatoms. The minimum Gasteiger partial charge on any atom is -0.495 e. The molecule has 1 N–H and O–H groups in total. The monoisotopic (exact) mass is 445 g/mol. The molecule has 4 rings (SSSR count). The Balaban J connectivity index is 1.95. The molecule has 3 aromatic rings. The van der Waals surface area contributed by atoms with Crippen LogP contribution in [0.3, 0.4) is 0 Å². The van der Waals surface area contributed by atoms with E-state index >= 15 is 0 Å². The molecule has 0 fully saturated rings. The number of aromatic carboxylic acids is 1. The number of hydrogen-bond acceptors (Lipinski definition) is 5. The number of carboxylic acids is 1. The lowest BCUT2D eigenvalue weighted by molar-refractivity contribution is 0.0697. The van der Waals surface area contributed by atoms with E-state index in [4.69, 9.17) is 21.1 Å². The molecular formula is C21H16ClNO6S. The molecule has 1 aliphatic rings. The normalized spacial score (nSPS) is 15.4. The van der Waals surface area contributed by atoms with Crippen LogP contribution in [0.2, 0.25) is 5.02 Å². The van der Waals surface area contributed by atoms with Gasteiger partial charge in [-0.1, -0.05) is 41.9 Å². The molecule has 7 nitrogen and oxygen atoms in total. The van der Waals surface area contributed by atoms with Crippen LogP contribution in [0.4, 0.5) is 5.69 Å². The molecule has 1 atom stereocenters. The summed E-state index contributed by atoms with van der Waals surface area (Å²) in [5.74, 6) is -0.828. The van der Waals surface area contributed by atoms with Gasteiger partial charge in [-0.05, 0) is 36.4 Å². The van der Waals surface area contributed by atoms with Gasteiger partial charge in [-0.3, -0.25) is 0 Å². The molecule has 1 unspecified atom stereocenters. The van der Waals surface area contributed by atoms with Crippen LogP contribution in [0.25, 0.3) is 0 Å². The van der Waals surface area contributed by atoms with E-state index < -0.39 is 22.2 Å². The Morgan fingerprint density at radius 1 is 1.10 bits per heavy atom. The molecule has 0 aliphatic carbocycles. The van der Waals surface area contributed by atoms with Gasteiger partial charge in [0.15, 0.2) is 0 Å². The smallest absolute Gasteiger partial charge is 0.335 e. The van der Waals surface area contributed by atoms with Gasteiger partial charge < -0.3 is 14.6 Å². The van der Waals surface area contributed by atoms with E-state index in [2.05, 4.69) is 0 Å². The quantitative estimate of drug-likeness (QED) is 0.628. The number of halogens is 1. The van der Waals surface area contributed by atoms with Crippen molar-refractivity contribution in [2.75, 3.05) is 11.4 Å². The zero-order valence-electron chi connectivity index (χ0n) is 15.7. The Hall–Kier alpha value is -3.23. The second-order valence-electron chi connectivity index (χ2n) is 6.46. The van der Waals surface area contributed by atoms with Gasteiger partial charge >= 0.3 is 5.97 Å². The van der Waals surface area contributed by atoms with Crippen LogP contribution in [0.15, 0.2) is 71.6 Å². The van der Waals surface area contributed by atoms with Crippen molar-refractivity contribution in [2.45, 2.75) is 11.1 Å². The number of carboxylic acid groups (broad SMARTS) is 1. The Morgan fingerprint density at radius 2 is 1.83 bits per heavy atom. The zero-order chi connectivity index (χ0) is 21.5. The standard InChI is InChI=1S/C21H16ClNO6S/c1-28-18-10-8-15(22)12-19(18)30(26,27)23-16-11-14(21(24)25)7-9-17(16)29-20(23)13-5-3-2-4-6-13/h2-12,20H,1H3,(H,24,25). The number of anilines is 1. The zero-order valence-corrected chi connectivity index (χ0v) is 17.2. The van der Waals surface area contributed by atoms with E-state index in [1.54, 1.807) is 30.3 Å². The highest BCUT2D eigenvalue weighted by Gasteiger charge is 2.42. The van der Waals surface area contributed by atoms with Crippen LogP contribution < -0.4 is 13.8 Å². The summed E-state index contributed by atoms with van der Waals surface area (Å²) in [6.07, 6.45) is -1.03. The highest BCUT2D eigenvalue weighted by Crippen LogP contribution is 2.48. The maximum atomic E-state index is 13.8. The van der Waals surface area contributed by atoms with Crippen molar-refractivity contribution < 1.29 is 27.8 Å². The summed E-state index contributed by atoms with van der Waals surface area (Å²) < 4.78 is 39.7. The predicted octanol–water partition coefficient (Wildman–Crippen LogP) is 4.33. The summed E-state index contributed by atoms with van der Waals surface area (Å²) in [4.78, 5) is 11.3. The summed E-state index contributed by atoms with van der Waals surface area (Å²) >= 11 is 6.06. The van der Waals surface area contributed by atoms with Crippen LogP contribution in [0, 0.1) is 0 Å². The third-order valence-electron chi connectivity index (χ3n) is 4.64. The van der Waals surface area contributed by atoms with Gasteiger partial charge in [-0.15, -0.1) is 0 Å². The van der Waals surface area contributed by atoms with E-state index in [1.165, 1.54) is 43.5 Å². The second kappa shape index (κ2) is 7.55. The number of ether oxygens (including phenoxy) is 2. The number of rotatable bonds is 5. The molecular weight excluding hydrogens is 430 g/mol. The van der Waals surface area contributed by atoms with Crippen molar-refractivity contribution in [3.63, 3.8) is 0 Å². The van der Waals surface area contributed by atoms with Crippen molar-refractivity contribution in [3.8, 4) is 11.5 Å². The third kappa shape index (κ3) is 3.34. The van der Waals surface area contributed by atoms with Gasteiger partial charge in [0.1, 0.15) is 16.4 Å². The minimum atomic E-state index is -4.25.